The zero-order valence-corrected chi connectivity index (χ0v) is 14.5. The molecular weight excluding hydrogens is 326 g/mol. The van der Waals surface area contributed by atoms with Crippen molar-refractivity contribution in [1.82, 2.24) is 5.32 Å². The molecule has 3 aromatic rings. The molecule has 3 rings (SSSR count). The van der Waals surface area contributed by atoms with Crippen molar-refractivity contribution in [1.29, 1.82) is 0 Å². The minimum absolute atomic E-state index is 0.230. The molecule has 0 aliphatic heterocycles. The van der Waals surface area contributed by atoms with Gasteiger partial charge in [-0.15, -0.1) is 0 Å². The summed E-state index contributed by atoms with van der Waals surface area (Å²) in [6.45, 7) is 0.475. The molecule has 130 valence electrons. The average Bonchev–Trinajstić information content (AvgIpc) is 2.70. The summed E-state index contributed by atoms with van der Waals surface area (Å²) in [5.41, 5.74) is 1.84. The van der Waals surface area contributed by atoms with E-state index in [0.29, 0.717) is 0 Å². The van der Waals surface area contributed by atoms with Crippen molar-refractivity contribution in [3.05, 3.63) is 77.9 Å². The molecule has 1 amide bonds. The molecule has 3 aromatic carbocycles. The van der Waals surface area contributed by atoms with Crippen LogP contribution in [0.2, 0.25) is 0 Å². The van der Waals surface area contributed by atoms with Gasteiger partial charge in [0.1, 0.15) is 12.4 Å². The van der Waals surface area contributed by atoms with Gasteiger partial charge in [0.05, 0.1) is 13.7 Å². The molecule has 0 spiro atoms. The molecule has 0 saturated heterocycles. The van der Waals surface area contributed by atoms with Crippen LogP contribution in [-0.4, -0.2) is 19.7 Å². The van der Waals surface area contributed by atoms with E-state index >= 15 is 0 Å². The molecule has 4 nitrogen and oxygen atoms in total. The van der Waals surface area contributed by atoms with Crippen molar-refractivity contribution in [2.24, 2.45) is 0 Å². The molecule has 0 atom stereocenters. The number of rotatable bonds is 4. The SMILES string of the molecule is COc1ccc2cc(C#CCNC(=O)OCc3ccccc3)ccc2c1. The van der Waals surface area contributed by atoms with E-state index in [9.17, 15) is 4.79 Å². The van der Waals surface area contributed by atoms with Crippen molar-refractivity contribution < 1.29 is 14.3 Å². The molecule has 0 unspecified atom stereocenters. The van der Waals surface area contributed by atoms with Crippen molar-refractivity contribution in [3.8, 4) is 17.6 Å². The molecule has 0 aromatic heterocycles. The number of methoxy groups -OCH3 is 1. The summed E-state index contributed by atoms with van der Waals surface area (Å²) in [6, 6.07) is 21.4. The van der Waals surface area contributed by atoms with Crippen LogP contribution in [0.25, 0.3) is 10.8 Å². The third-order valence-electron chi connectivity index (χ3n) is 3.81. The lowest BCUT2D eigenvalue weighted by Crippen LogP contribution is -2.24. The number of ether oxygens (including phenoxy) is 2. The number of benzene rings is 3. The van der Waals surface area contributed by atoms with Gasteiger partial charge >= 0.3 is 6.09 Å². The molecule has 0 fully saturated rings. The first-order valence-electron chi connectivity index (χ1n) is 8.26. The summed E-state index contributed by atoms with van der Waals surface area (Å²) < 4.78 is 10.4. The summed E-state index contributed by atoms with van der Waals surface area (Å²) in [4.78, 5) is 11.6. The fourth-order valence-electron chi connectivity index (χ4n) is 2.47. The molecule has 0 bridgehead atoms. The number of amides is 1. The Bertz CT molecular complexity index is 955. The van der Waals surface area contributed by atoms with Crippen molar-refractivity contribution in [2.75, 3.05) is 13.7 Å². The van der Waals surface area contributed by atoms with E-state index in [2.05, 4.69) is 17.2 Å². The Balaban J connectivity index is 1.51. The Morgan fingerprint density at radius 3 is 2.58 bits per heavy atom. The van der Waals surface area contributed by atoms with Gasteiger partial charge in [-0.25, -0.2) is 4.79 Å². The van der Waals surface area contributed by atoms with Gasteiger partial charge < -0.3 is 14.8 Å². The van der Waals surface area contributed by atoms with Crippen molar-refractivity contribution in [2.45, 2.75) is 6.61 Å². The summed E-state index contributed by atoms with van der Waals surface area (Å²) in [6.07, 6.45) is -0.478. The molecule has 0 radical (unpaired) electrons. The van der Waals surface area contributed by atoms with Gasteiger partial charge in [0.15, 0.2) is 0 Å². The van der Waals surface area contributed by atoms with Crippen LogP contribution in [-0.2, 0) is 11.3 Å². The smallest absolute Gasteiger partial charge is 0.408 e. The first-order chi connectivity index (χ1) is 12.7. The lowest BCUT2D eigenvalue weighted by Gasteiger charge is -2.04. The molecule has 26 heavy (non-hydrogen) atoms. The van der Waals surface area contributed by atoms with Crippen LogP contribution in [0, 0.1) is 11.8 Å². The van der Waals surface area contributed by atoms with Crippen LogP contribution >= 0.6 is 0 Å². The maximum Gasteiger partial charge on any atom is 0.408 e. The fourth-order valence-corrected chi connectivity index (χ4v) is 2.47. The van der Waals surface area contributed by atoms with E-state index in [1.807, 2.05) is 66.7 Å². The monoisotopic (exact) mass is 345 g/mol. The molecule has 0 aliphatic rings. The van der Waals surface area contributed by atoms with Crippen LogP contribution in [0.3, 0.4) is 0 Å². The van der Waals surface area contributed by atoms with Crippen molar-refractivity contribution in [3.63, 3.8) is 0 Å². The predicted molar refractivity (Wildman–Crippen MR) is 102 cm³/mol. The van der Waals surface area contributed by atoms with Gasteiger partial charge in [-0.2, -0.15) is 0 Å². The van der Waals surface area contributed by atoms with Crippen LogP contribution < -0.4 is 10.1 Å². The van der Waals surface area contributed by atoms with Crippen LogP contribution in [0.5, 0.6) is 5.75 Å². The van der Waals surface area contributed by atoms with Crippen molar-refractivity contribution >= 4 is 16.9 Å². The highest BCUT2D eigenvalue weighted by atomic mass is 16.5. The zero-order valence-electron chi connectivity index (χ0n) is 14.5. The Morgan fingerprint density at radius 1 is 1.00 bits per heavy atom. The van der Waals surface area contributed by atoms with Gasteiger partial charge in [-0.05, 0) is 40.6 Å². The highest BCUT2D eigenvalue weighted by Gasteiger charge is 2.00. The van der Waals surface area contributed by atoms with Gasteiger partial charge in [0.2, 0.25) is 0 Å². The number of fused-ring (bicyclic) bond motifs is 1. The van der Waals surface area contributed by atoms with Crippen LogP contribution in [0.1, 0.15) is 11.1 Å². The van der Waals surface area contributed by atoms with Gasteiger partial charge in [-0.3, -0.25) is 0 Å². The predicted octanol–water partition coefficient (Wildman–Crippen LogP) is 4.13. The Kier molecular flexibility index (Phi) is 5.74. The third kappa shape index (κ3) is 4.78. The highest BCUT2D eigenvalue weighted by molar-refractivity contribution is 5.85. The molecule has 0 heterocycles. The summed E-state index contributed by atoms with van der Waals surface area (Å²) in [5, 5.41) is 4.81. The number of carbonyl (C=O) groups excluding carboxylic acids is 1. The highest BCUT2D eigenvalue weighted by Crippen LogP contribution is 2.21. The molecule has 0 saturated carbocycles. The summed E-state index contributed by atoms with van der Waals surface area (Å²) >= 11 is 0. The number of hydrogen-bond donors (Lipinski definition) is 1. The van der Waals surface area contributed by atoms with Crippen LogP contribution in [0.4, 0.5) is 4.79 Å². The van der Waals surface area contributed by atoms with E-state index in [1.165, 1.54) is 0 Å². The minimum Gasteiger partial charge on any atom is -0.497 e. The van der Waals surface area contributed by atoms with Crippen LogP contribution in [0.15, 0.2) is 66.7 Å². The summed E-state index contributed by atoms with van der Waals surface area (Å²) in [7, 11) is 1.65. The van der Waals surface area contributed by atoms with Gasteiger partial charge in [-0.1, -0.05) is 54.3 Å². The van der Waals surface area contributed by atoms with E-state index in [4.69, 9.17) is 9.47 Å². The second-order valence-corrected chi connectivity index (χ2v) is 5.64. The molecular formula is C22H19NO3. The number of carbonyl (C=O) groups is 1. The lowest BCUT2D eigenvalue weighted by molar-refractivity contribution is 0.141. The number of nitrogens with one attached hydrogen (secondary N) is 1. The first-order valence-corrected chi connectivity index (χ1v) is 8.26. The largest absolute Gasteiger partial charge is 0.497 e. The first kappa shape index (κ1) is 17.4. The minimum atomic E-state index is -0.478. The Morgan fingerprint density at radius 2 is 1.77 bits per heavy atom. The number of hydrogen-bond acceptors (Lipinski definition) is 3. The second kappa shape index (κ2) is 8.59. The number of alkyl carbamates (subject to hydrolysis) is 1. The molecule has 0 aliphatic carbocycles. The third-order valence-corrected chi connectivity index (χ3v) is 3.81. The normalized spacial score (nSPS) is 9.88. The molecule has 4 heteroatoms. The average molecular weight is 345 g/mol. The topological polar surface area (TPSA) is 47.6 Å². The van der Waals surface area contributed by atoms with E-state index in [-0.39, 0.29) is 13.2 Å². The maximum atomic E-state index is 11.6. The maximum absolute atomic E-state index is 11.6. The standard InChI is InChI=1S/C22H19NO3/c1-25-21-12-11-19-14-17(9-10-20(19)15-21)8-5-13-23-22(24)26-16-18-6-3-2-4-7-18/h2-4,6-7,9-12,14-15H,13,16H2,1H3,(H,23,24). The second-order valence-electron chi connectivity index (χ2n) is 5.64. The van der Waals surface area contributed by atoms with E-state index in [0.717, 1.165) is 27.6 Å². The van der Waals surface area contributed by atoms with Gasteiger partial charge in [0.25, 0.3) is 0 Å². The fraction of sp³-hybridized carbons (Fsp3) is 0.136. The van der Waals surface area contributed by atoms with Gasteiger partial charge in [0, 0.05) is 5.56 Å². The lowest BCUT2D eigenvalue weighted by atomic mass is 10.1. The Hall–Kier alpha value is -3.45. The van der Waals surface area contributed by atoms with E-state index in [1.54, 1.807) is 7.11 Å². The van der Waals surface area contributed by atoms with E-state index < -0.39 is 6.09 Å². The molecule has 1 N–H and O–H groups in total. The quantitative estimate of drug-likeness (QED) is 0.724. The zero-order chi connectivity index (χ0) is 18.2. The summed E-state index contributed by atoms with van der Waals surface area (Å²) in [5.74, 6) is 6.80. The Labute approximate surface area is 152 Å².